The number of nitro groups is 1. The smallest absolute Gasteiger partial charge is 0.270 e. The minimum absolute atomic E-state index is 0.0585. The fraction of sp³-hybridized carbons (Fsp3) is 0.0435. The first kappa shape index (κ1) is 20.7. The van der Waals surface area contributed by atoms with Crippen molar-refractivity contribution >= 4 is 39.3 Å². The van der Waals surface area contributed by atoms with E-state index >= 15 is 0 Å². The zero-order valence-corrected chi connectivity index (χ0v) is 18.7. The summed E-state index contributed by atoms with van der Waals surface area (Å²) in [5, 5.41) is 11.2. The molecule has 164 valence electrons. The predicted molar refractivity (Wildman–Crippen MR) is 125 cm³/mol. The molecule has 0 bridgehead atoms. The highest BCUT2D eigenvalue weighted by molar-refractivity contribution is 9.10. The van der Waals surface area contributed by atoms with Gasteiger partial charge in [-0.25, -0.2) is 9.98 Å². The van der Waals surface area contributed by atoms with Gasteiger partial charge in [0.2, 0.25) is 0 Å². The summed E-state index contributed by atoms with van der Waals surface area (Å²) in [5.74, 6) is 2.48. The van der Waals surface area contributed by atoms with Gasteiger partial charge in [0.15, 0.2) is 17.3 Å². The van der Waals surface area contributed by atoms with Gasteiger partial charge < -0.3 is 13.6 Å². The van der Waals surface area contributed by atoms with Crippen LogP contribution in [0, 0.1) is 10.1 Å². The number of aliphatic imine (C=N–C) groups is 1. The molecule has 0 amide bonds. The topological polar surface area (TPSA) is 108 Å². The largest absolute Gasteiger partial charge is 0.496 e. The number of furan rings is 2. The van der Waals surface area contributed by atoms with Crippen molar-refractivity contribution in [2.45, 2.75) is 0 Å². The minimum Gasteiger partial charge on any atom is -0.496 e. The third-order valence-electron chi connectivity index (χ3n) is 4.91. The van der Waals surface area contributed by atoms with Gasteiger partial charge in [0.25, 0.3) is 5.69 Å². The second-order valence-electron chi connectivity index (χ2n) is 6.94. The van der Waals surface area contributed by atoms with Gasteiger partial charge in [0.05, 0.1) is 30.1 Å². The molecule has 0 saturated carbocycles. The minimum atomic E-state index is -0.465. The molecule has 33 heavy (non-hydrogen) atoms. The van der Waals surface area contributed by atoms with E-state index in [4.69, 9.17) is 13.6 Å². The monoisotopic (exact) mass is 506 g/mol. The Balaban J connectivity index is 1.55. The molecule has 0 unspecified atom stereocenters. The number of imidazole rings is 1. The maximum Gasteiger partial charge on any atom is 0.270 e. The maximum atomic E-state index is 11.2. The molecule has 5 rings (SSSR count). The van der Waals surface area contributed by atoms with Crippen LogP contribution in [0.1, 0.15) is 5.76 Å². The Morgan fingerprint density at radius 2 is 2.06 bits per heavy atom. The Bertz CT molecular complexity index is 1500. The summed E-state index contributed by atoms with van der Waals surface area (Å²) < 4.78 is 19.5. The van der Waals surface area contributed by atoms with Gasteiger partial charge in [-0.3, -0.25) is 14.5 Å². The highest BCUT2D eigenvalue weighted by atomic mass is 79.9. The number of fused-ring (bicyclic) bond motifs is 1. The number of halogens is 1. The summed E-state index contributed by atoms with van der Waals surface area (Å²) in [4.78, 5) is 20.0. The molecule has 1 aromatic carbocycles. The lowest BCUT2D eigenvalue weighted by molar-refractivity contribution is -0.384. The Hall–Kier alpha value is -4.18. The van der Waals surface area contributed by atoms with Gasteiger partial charge >= 0.3 is 0 Å². The van der Waals surface area contributed by atoms with E-state index in [0.29, 0.717) is 45.8 Å². The second kappa shape index (κ2) is 8.40. The maximum absolute atomic E-state index is 11.2. The number of aromatic nitrogens is 2. The van der Waals surface area contributed by atoms with E-state index in [-0.39, 0.29) is 5.69 Å². The van der Waals surface area contributed by atoms with Crippen LogP contribution in [0.5, 0.6) is 5.75 Å². The van der Waals surface area contributed by atoms with Gasteiger partial charge in [-0.15, -0.1) is 0 Å². The SMILES string of the molecule is COc1ccc([N+](=O)[O-])cc1-c1ccc(C=Nc2c(-c3ccco3)nc3ccc(Br)cn23)o1. The standard InChI is InChI=1S/C23H15BrN4O5/c1-31-18-7-5-15(28(29)30)11-17(18)19-8-6-16(33-19)12-25-23-22(20-3-2-10-32-20)26-21-9-4-14(24)13-27(21)23/h2-13H,1H3. The number of hydrogen-bond donors (Lipinski definition) is 0. The molecule has 0 aliphatic heterocycles. The van der Waals surface area contributed by atoms with Crippen LogP contribution in [0.25, 0.3) is 28.4 Å². The van der Waals surface area contributed by atoms with Gasteiger partial charge in [-0.1, -0.05) is 0 Å². The molecule has 0 saturated heterocycles. The van der Waals surface area contributed by atoms with E-state index in [0.717, 1.165) is 4.47 Å². The first-order chi connectivity index (χ1) is 16.0. The van der Waals surface area contributed by atoms with Crippen molar-refractivity contribution in [3.05, 3.63) is 87.4 Å². The fourth-order valence-electron chi connectivity index (χ4n) is 3.40. The summed E-state index contributed by atoms with van der Waals surface area (Å²) in [6, 6.07) is 15.1. The molecule has 0 atom stereocenters. The molecular weight excluding hydrogens is 492 g/mol. The number of nitro benzene ring substituents is 1. The lowest BCUT2D eigenvalue weighted by atomic mass is 10.1. The average molecular weight is 507 g/mol. The van der Waals surface area contributed by atoms with Crippen LogP contribution in [0.4, 0.5) is 11.5 Å². The van der Waals surface area contributed by atoms with Crippen molar-refractivity contribution in [1.29, 1.82) is 0 Å². The molecule has 0 spiro atoms. The molecule has 4 aromatic heterocycles. The highest BCUT2D eigenvalue weighted by Gasteiger charge is 2.17. The molecule has 0 N–H and O–H groups in total. The van der Waals surface area contributed by atoms with Crippen molar-refractivity contribution in [3.8, 4) is 28.5 Å². The van der Waals surface area contributed by atoms with Crippen LogP contribution in [0.3, 0.4) is 0 Å². The number of non-ortho nitro benzene ring substituents is 1. The van der Waals surface area contributed by atoms with E-state index in [1.54, 1.807) is 30.7 Å². The van der Waals surface area contributed by atoms with E-state index in [2.05, 4.69) is 25.9 Å². The summed E-state index contributed by atoms with van der Waals surface area (Å²) >= 11 is 3.48. The lowest BCUT2D eigenvalue weighted by Crippen LogP contribution is -1.91. The Kier molecular flexibility index (Phi) is 5.27. The molecular formula is C23H15BrN4O5. The average Bonchev–Trinajstić information content (AvgIpc) is 3.56. The van der Waals surface area contributed by atoms with E-state index in [1.807, 2.05) is 28.8 Å². The number of pyridine rings is 1. The van der Waals surface area contributed by atoms with Crippen LogP contribution >= 0.6 is 15.9 Å². The summed E-state index contributed by atoms with van der Waals surface area (Å²) in [7, 11) is 1.50. The van der Waals surface area contributed by atoms with Gasteiger partial charge in [0, 0.05) is 22.8 Å². The van der Waals surface area contributed by atoms with Crippen LogP contribution in [0.15, 0.2) is 85.4 Å². The van der Waals surface area contributed by atoms with Crippen LogP contribution in [-0.2, 0) is 0 Å². The van der Waals surface area contributed by atoms with Gasteiger partial charge in [-0.2, -0.15) is 0 Å². The third-order valence-corrected chi connectivity index (χ3v) is 5.38. The van der Waals surface area contributed by atoms with Crippen LogP contribution in [-0.4, -0.2) is 27.6 Å². The number of rotatable bonds is 6. The molecule has 9 nitrogen and oxygen atoms in total. The van der Waals surface area contributed by atoms with Gasteiger partial charge in [0.1, 0.15) is 22.9 Å². The Morgan fingerprint density at radius 3 is 2.82 bits per heavy atom. The zero-order valence-electron chi connectivity index (χ0n) is 17.1. The molecule has 5 aromatic rings. The molecule has 4 heterocycles. The summed E-state index contributed by atoms with van der Waals surface area (Å²) in [5.41, 5.74) is 1.71. The molecule has 0 aliphatic carbocycles. The van der Waals surface area contributed by atoms with Gasteiger partial charge in [-0.05, 0) is 58.4 Å². The quantitative estimate of drug-likeness (QED) is 0.152. The van der Waals surface area contributed by atoms with Crippen molar-refractivity contribution in [2.75, 3.05) is 7.11 Å². The molecule has 10 heteroatoms. The van der Waals surface area contributed by atoms with Crippen LogP contribution < -0.4 is 4.74 Å². The lowest BCUT2D eigenvalue weighted by Gasteiger charge is -2.05. The number of hydrogen-bond acceptors (Lipinski definition) is 7. The van der Waals surface area contributed by atoms with Crippen molar-refractivity contribution < 1.29 is 18.5 Å². The first-order valence-electron chi connectivity index (χ1n) is 9.71. The van der Waals surface area contributed by atoms with Crippen molar-refractivity contribution in [2.24, 2.45) is 4.99 Å². The molecule has 0 radical (unpaired) electrons. The number of methoxy groups -OCH3 is 1. The first-order valence-corrected chi connectivity index (χ1v) is 10.5. The predicted octanol–water partition coefficient (Wildman–Crippen LogP) is 6.28. The highest BCUT2D eigenvalue weighted by Crippen LogP contribution is 2.35. The van der Waals surface area contributed by atoms with E-state index < -0.39 is 4.92 Å². The number of benzene rings is 1. The summed E-state index contributed by atoms with van der Waals surface area (Å²) in [6.45, 7) is 0. The number of nitrogens with zero attached hydrogens (tertiary/aromatic N) is 4. The summed E-state index contributed by atoms with van der Waals surface area (Å²) in [6.07, 6.45) is 5.00. The normalized spacial score (nSPS) is 11.5. The number of ether oxygens (including phenoxy) is 1. The third kappa shape index (κ3) is 3.92. The van der Waals surface area contributed by atoms with Crippen molar-refractivity contribution in [3.63, 3.8) is 0 Å². The van der Waals surface area contributed by atoms with Crippen molar-refractivity contribution in [1.82, 2.24) is 9.38 Å². The zero-order chi connectivity index (χ0) is 22.9. The fourth-order valence-corrected chi connectivity index (χ4v) is 3.74. The molecule has 0 fully saturated rings. The Morgan fingerprint density at radius 1 is 1.18 bits per heavy atom. The van der Waals surface area contributed by atoms with Crippen LogP contribution in [0.2, 0.25) is 0 Å². The van der Waals surface area contributed by atoms with E-state index in [9.17, 15) is 10.1 Å². The Labute approximate surface area is 195 Å². The second-order valence-corrected chi connectivity index (χ2v) is 7.85. The van der Waals surface area contributed by atoms with E-state index in [1.165, 1.54) is 25.3 Å². The molecule has 0 aliphatic rings.